The van der Waals surface area contributed by atoms with Gasteiger partial charge in [0, 0.05) is 6.08 Å². The van der Waals surface area contributed by atoms with Gasteiger partial charge in [0.05, 0.1) is 12.8 Å². The van der Waals surface area contributed by atoms with Gasteiger partial charge in [-0.25, -0.2) is 4.79 Å². The SMILES string of the molecule is COc1ccc(C)cc1NC(=O)C(C)OC(=O)/C=C/c1ccc(C(C)C)cc1. The molecule has 2 rings (SSSR count). The van der Waals surface area contributed by atoms with Crippen LogP contribution in [0.4, 0.5) is 5.69 Å². The van der Waals surface area contributed by atoms with Gasteiger partial charge in [-0.1, -0.05) is 44.2 Å². The van der Waals surface area contributed by atoms with E-state index >= 15 is 0 Å². The van der Waals surface area contributed by atoms with Crippen molar-refractivity contribution < 1.29 is 19.1 Å². The third-order valence-electron chi connectivity index (χ3n) is 4.29. The summed E-state index contributed by atoms with van der Waals surface area (Å²) >= 11 is 0. The lowest BCUT2D eigenvalue weighted by Gasteiger charge is -2.15. The molecule has 0 aliphatic rings. The van der Waals surface area contributed by atoms with E-state index in [0.717, 1.165) is 11.1 Å². The third-order valence-corrected chi connectivity index (χ3v) is 4.29. The zero-order chi connectivity index (χ0) is 20.7. The average Bonchev–Trinajstić information content (AvgIpc) is 2.66. The maximum absolute atomic E-state index is 12.3. The van der Waals surface area contributed by atoms with Crippen molar-refractivity contribution in [2.75, 3.05) is 12.4 Å². The van der Waals surface area contributed by atoms with E-state index in [1.807, 2.05) is 37.3 Å². The van der Waals surface area contributed by atoms with Gasteiger partial charge in [0.2, 0.25) is 0 Å². The summed E-state index contributed by atoms with van der Waals surface area (Å²) in [4.78, 5) is 24.4. The van der Waals surface area contributed by atoms with Crippen LogP contribution in [0.25, 0.3) is 6.08 Å². The Morgan fingerprint density at radius 3 is 2.32 bits per heavy atom. The number of esters is 1. The number of methoxy groups -OCH3 is 1. The topological polar surface area (TPSA) is 64.6 Å². The van der Waals surface area contributed by atoms with Crippen LogP contribution in [0.2, 0.25) is 0 Å². The second kappa shape index (κ2) is 9.74. The zero-order valence-electron chi connectivity index (χ0n) is 17.0. The van der Waals surface area contributed by atoms with Gasteiger partial charge >= 0.3 is 5.97 Å². The molecule has 1 N–H and O–H groups in total. The molecule has 0 aromatic heterocycles. The number of ether oxygens (including phenoxy) is 2. The Balaban J connectivity index is 1.94. The highest BCUT2D eigenvalue weighted by atomic mass is 16.5. The minimum Gasteiger partial charge on any atom is -0.495 e. The second-order valence-corrected chi connectivity index (χ2v) is 6.93. The van der Waals surface area contributed by atoms with E-state index in [-0.39, 0.29) is 0 Å². The van der Waals surface area contributed by atoms with Crippen LogP contribution >= 0.6 is 0 Å². The average molecular weight is 381 g/mol. The number of hydrogen-bond acceptors (Lipinski definition) is 4. The number of hydrogen-bond donors (Lipinski definition) is 1. The van der Waals surface area contributed by atoms with Crippen LogP contribution in [0, 0.1) is 6.92 Å². The van der Waals surface area contributed by atoms with Gasteiger partial charge in [0.15, 0.2) is 6.10 Å². The Kier molecular flexibility index (Phi) is 7.38. The van der Waals surface area contributed by atoms with E-state index in [2.05, 4.69) is 19.2 Å². The normalized spacial score (nSPS) is 12.1. The van der Waals surface area contributed by atoms with Crippen LogP contribution < -0.4 is 10.1 Å². The van der Waals surface area contributed by atoms with E-state index in [1.54, 1.807) is 18.2 Å². The van der Waals surface area contributed by atoms with Crippen LogP contribution in [-0.4, -0.2) is 25.1 Å². The Morgan fingerprint density at radius 2 is 1.71 bits per heavy atom. The molecule has 0 radical (unpaired) electrons. The Bertz CT molecular complexity index is 853. The van der Waals surface area contributed by atoms with Gasteiger partial charge in [0.25, 0.3) is 5.91 Å². The first-order valence-electron chi connectivity index (χ1n) is 9.24. The molecule has 0 saturated carbocycles. The lowest BCUT2D eigenvalue weighted by atomic mass is 10.0. The van der Waals surface area contributed by atoms with Crippen LogP contribution in [0.3, 0.4) is 0 Å². The van der Waals surface area contributed by atoms with Crippen molar-refractivity contribution in [1.29, 1.82) is 0 Å². The van der Waals surface area contributed by atoms with E-state index in [4.69, 9.17) is 9.47 Å². The molecule has 0 aliphatic heterocycles. The number of rotatable bonds is 7. The first-order valence-corrected chi connectivity index (χ1v) is 9.24. The summed E-state index contributed by atoms with van der Waals surface area (Å²) in [7, 11) is 1.53. The summed E-state index contributed by atoms with van der Waals surface area (Å²) in [5.41, 5.74) is 3.64. The first kappa shape index (κ1) is 21.2. The molecule has 5 heteroatoms. The van der Waals surface area contributed by atoms with Crippen molar-refractivity contribution in [1.82, 2.24) is 0 Å². The summed E-state index contributed by atoms with van der Waals surface area (Å²) in [5, 5.41) is 2.73. The molecule has 148 valence electrons. The molecule has 0 bridgehead atoms. The maximum Gasteiger partial charge on any atom is 0.331 e. The molecule has 0 saturated heterocycles. The zero-order valence-corrected chi connectivity index (χ0v) is 17.0. The smallest absolute Gasteiger partial charge is 0.331 e. The van der Waals surface area contributed by atoms with E-state index < -0.39 is 18.0 Å². The van der Waals surface area contributed by atoms with Crippen LogP contribution in [0.5, 0.6) is 5.75 Å². The highest BCUT2D eigenvalue weighted by Gasteiger charge is 2.18. The molecule has 1 amide bonds. The van der Waals surface area contributed by atoms with Gasteiger partial charge in [-0.05, 0) is 54.7 Å². The van der Waals surface area contributed by atoms with Gasteiger partial charge < -0.3 is 14.8 Å². The van der Waals surface area contributed by atoms with E-state index in [1.165, 1.54) is 25.7 Å². The standard InChI is InChI=1S/C23H27NO4/c1-15(2)19-10-7-18(8-11-19)9-13-22(25)28-17(4)23(26)24-20-14-16(3)6-12-21(20)27-5/h6-15,17H,1-5H3,(H,24,26)/b13-9+. The first-order chi connectivity index (χ1) is 13.3. The van der Waals surface area contributed by atoms with Crippen molar-refractivity contribution in [3.8, 4) is 5.75 Å². The lowest BCUT2D eigenvalue weighted by molar-refractivity contribution is -0.148. The van der Waals surface area contributed by atoms with Crippen LogP contribution in [0.1, 0.15) is 43.4 Å². The Morgan fingerprint density at radius 1 is 1.04 bits per heavy atom. The van der Waals surface area contributed by atoms with E-state index in [0.29, 0.717) is 17.4 Å². The molecule has 28 heavy (non-hydrogen) atoms. The fourth-order valence-corrected chi connectivity index (χ4v) is 2.58. The van der Waals surface area contributed by atoms with Gasteiger partial charge in [-0.3, -0.25) is 4.79 Å². The summed E-state index contributed by atoms with van der Waals surface area (Å²) in [6, 6.07) is 13.4. The summed E-state index contributed by atoms with van der Waals surface area (Å²) < 4.78 is 10.4. The van der Waals surface area contributed by atoms with Crippen molar-refractivity contribution in [2.24, 2.45) is 0 Å². The second-order valence-electron chi connectivity index (χ2n) is 6.93. The van der Waals surface area contributed by atoms with Crippen molar-refractivity contribution in [3.63, 3.8) is 0 Å². The Labute approximate surface area is 166 Å². The largest absolute Gasteiger partial charge is 0.495 e. The molecule has 0 heterocycles. The van der Waals surface area contributed by atoms with Crippen LogP contribution in [0.15, 0.2) is 48.5 Å². The molecule has 5 nitrogen and oxygen atoms in total. The third kappa shape index (κ3) is 5.98. The van der Waals surface area contributed by atoms with Gasteiger partial charge in [-0.15, -0.1) is 0 Å². The van der Waals surface area contributed by atoms with E-state index in [9.17, 15) is 9.59 Å². The highest BCUT2D eigenvalue weighted by Crippen LogP contribution is 2.25. The summed E-state index contributed by atoms with van der Waals surface area (Å²) in [6.07, 6.45) is 2.05. The monoisotopic (exact) mass is 381 g/mol. The number of amides is 1. The molecule has 0 aliphatic carbocycles. The molecule has 0 fully saturated rings. The fourth-order valence-electron chi connectivity index (χ4n) is 2.58. The van der Waals surface area contributed by atoms with Crippen LogP contribution in [-0.2, 0) is 14.3 Å². The van der Waals surface area contributed by atoms with Crippen molar-refractivity contribution >= 4 is 23.6 Å². The van der Waals surface area contributed by atoms with Gasteiger partial charge in [-0.2, -0.15) is 0 Å². The molecule has 0 spiro atoms. The lowest BCUT2D eigenvalue weighted by Crippen LogP contribution is -2.29. The Hall–Kier alpha value is -3.08. The highest BCUT2D eigenvalue weighted by molar-refractivity contribution is 5.97. The number of anilines is 1. The fraction of sp³-hybridized carbons (Fsp3) is 0.304. The molecule has 1 unspecified atom stereocenters. The van der Waals surface area contributed by atoms with Crippen molar-refractivity contribution in [3.05, 3.63) is 65.2 Å². The minimum atomic E-state index is -0.939. The summed E-state index contributed by atoms with van der Waals surface area (Å²) in [6.45, 7) is 7.69. The van der Waals surface area contributed by atoms with Gasteiger partial charge in [0.1, 0.15) is 5.75 Å². The number of carbonyl (C=O) groups excluding carboxylic acids is 2. The maximum atomic E-state index is 12.3. The number of carbonyl (C=O) groups is 2. The number of aryl methyl sites for hydroxylation is 1. The predicted octanol–water partition coefficient (Wildman–Crippen LogP) is 4.71. The predicted molar refractivity (Wildman–Crippen MR) is 111 cm³/mol. The summed E-state index contributed by atoms with van der Waals surface area (Å²) in [5.74, 6) is -0.00432. The molecule has 1 atom stereocenters. The number of benzene rings is 2. The quantitative estimate of drug-likeness (QED) is 0.557. The molecular formula is C23H27NO4. The molecular weight excluding hydrogens is 354 g/mol. The molecule has 2 aromatic rings. The molecule has 2 aromatic carbocycles. The minimum absolute atomic E-state index is 0.424. The van der Waals surface area contributed by atoms with Crippen molar-refractivity contribution in [2.45, 2.75) is 39.7 Å². The number of nitrogens with one attached hydrogen (secondary N) is 1.